The molecule has 1 saturated carbocycles. The molecule has 0 aliphatic heterocycles. The summed E-state index contributed by atoms with van der Waals surface area (Å²) in [5, 5.41) is 10.5. The van der Waals surface area contributed by atoms with Crippen molar-refractivity contribution in [2.24, 2.45) is 0 Å². The molecular weight excluding hydrogens is 315 g/mol. The Labute approximate surface area is 149 Å². The van der Waals surface area contributed by atoms with Gasteiger partial charge in [-0.25, -0.2) is 4.39 Å². The number of hydrogen-bond donors (Lipinski definition) is 1. The highest BCUT2D eigenvalue weighted by Gasteiger charge is 2.30. The summed E-state index contributed by atoms with van der Waals surface area (Å²) in [6, 6.07) is 17.5. The lowest BCUT2D eigenvalue weighted by Gasteiger charge is -2.27. The molecule has 0 spiro atoms. The van der Waals surface area contributed by atoms with Gasteiger partial charge in [0.15, 0.2) is 0 Å². The molecule has 1 N–H and O–H groups in total. The minimum absolute atomic E-state index is 0.204. The Morgan fingerprint density at radius 1 is 0.960 bits per heavy atom. The number of aliphatic hydroxyl groups excluding tert-OH is 1. The third-order valence-electron chi connectivity index (χ3n) is 4.63. The maximum atomic E-state index is 13.1. The molecule has 0 bridgehead atoms. The monoisotopic (exact) mass is 342 g/mol. The van der Waals surface area contributed by atoms with Crippen molar-refractivity contribution in [3.8, 4) is 0 Å². The molecule has 2 aromatic carbocycles. The van der Waals surface area contributed by atoms with Crippen LogP contribution in [-0.4, -0.2) is 47.2 Å². The average Bonchev–Trinajstić information content (AvgIpc) is 3.42. The Morgan fingerprint density at radius 2 is 1.60 bits per heavy atom. The molecule has 0 amide bonds. The predicted octanol–water partition coefficient (Wildman–Crippen LogP) is 3.28. The highest BCUT2D eigenvalue weighted by Crippen LogP contribution is 2.28. The summed E-state index contributed by atoms with van der Waals surface area (Å²) in [4.78, 5) is 4.48. The molecule has 1 atom stereocenters. The molecule has 3 rings (SSSR count). The third-order valence-corrected chi connectivity index (χ3v) is 4.63. The zero-order valence-electron chi connectivity index (χ0n) is 14.8. The lowest BCUT2D eigenvalue weighted by Crippen LogP contribution is -2.39. The maximum Gasteiger partial charge on any atom is 0.123 e. The average molecular weight is 342 g/mol. The van der Waals surface area contributed by atoms with E-state index in [1.54, 1.807) is 0 Å². The number of hydrogen-bond acceptors (Lipinski definition) is 3. The highest BCUT2D eigenvalue weighted by molar-refractivity contribution is 5.16. The van der Waals surface area contributed by atoms with E-state index in [9.17, 15) is 9.50 Å². The molecule has 3 nitrogen and oxygen atoms in total. The van der Waals surface area contributed by atoms with Crippen molar-refractivity contribution >= 4 is 0 Å². The molecule has 1 aliphatic rings. The first-order chi connectivity index (χ1) is 12.1. The minimum atomic E-state index is -0.394. The number of rotatable bonds is 9. The van der Waals surface area contributed by atoms with Crippen LogP contribution in [0.15, 0.2) is 54.6 Å². The van der Waals surface area contributed by atoms with Crippen LogP contribution in [0.25, 0.3) is 0 Å². The van der Waals surface area contributed by atoms with Gasteiger partial charge in [0.1, 0.15) is 5.82 Å². The maximum absolute atomic E-state index is 13.1. The second kappa shape index (κ2) is 8.56. The SMILES string of the molecule is CN(Cc1ccccc1)CC(O)CN(Cc1ccc(F)cc1)C1CC1. The number of benzene rings is 2. The van der Waals surface area contributed by atoms with Crippen molar-refractivity contribution in [3.63, 3.8) is 0 Å². The van der Waals surface area contributed by atoms with Gasteiger partial charge in [0.05, 0.1) is 6.10 Å². The topological polar surface area (TPSA) is 26.7 Å². The zero-order chi connectivity index (χ0) is 17.6. The van der Waals surface area contributed by atoms with E-state index >= 15 is 0 Å². The van der Waals surface area contributed by atoms with E-state index in [0.29, 0.717) is 19.1 Å². The Bertz CT molecular complexity index is 643. The van der Waals surface area contributed by atoms with Crippen LogP contribution in [0.4, 0.5) is 4.39 Å². The molecule has 1 fully saturated rings. The van der Waals surface area contributed by atoms with Gasteiger partial charge in [0.2, 0.25) is 0 Å². The van der Waals surface area contributed by atoms with Crippen molar-refractivity contribution in [1.82, 2.24) is 9.80 Å². The minimum Gasteiger partial charge on any atom is -0.390 e. The predicted molar refractivity (Wildman–Crippen MR) is 98.6 cm³/mol. The lowest BCUT2D eigenvalue weighted by atomic mass is 10.2. The number of aliphatic hydroxyl groups is 1. The lowest BCUT2D eigenvalue weighted by molar-refractivity contribution is 0.0737. The van der Waals surface area contributed by atoms with Crippen molar-refractivity contribution in [1.29, 1.82) is 0 Å². The van der Waals surface area contributed by atoms with E-state index in [0.717, 1.165) is 18.7 Å². The van der Waals surface area contributed by atoms with Gasteiger partial charge in [-0.15, -0.1) is 0 Å². The van der Waals surface area contributed by atoms with Crippen LogP contribution in [0, 0.1) is 5.82 Å². The van der Waals surface area contributed by atoms with Gasteiger partial charge in [-0.3, -0.25) is 9.80 Å². The van der Waals surface area contributed by atoms with E-state index in [2.05, 4.69) is 21.9 Å². The van der Waals surface area contributed by atoms with Crippen LogP contribution in [-0.2, 0) is 13.1 Å². The molecule has 0 aromatic heterocycles. The van der Waals surface area contributed by atoms with E-state index in [1.165, 1.54) is 30.5 Å². The van der Waals surface area contributed by atoms with Crippen LogP contribution < -0.4 is 0 Å². The second-order valence-electron chi connectivity index (χ2n) is 7.12. The normalized spacial score (nSPS) is 15.7. The van der Waals surface area contributed by atoms with Gasteiger partial charge in [-0.1, -0.05) is 42.5 Å². The fourth-order valence-electron chi connectivity index (χ4n) is 3.25. The smallest absolute Gasteiger partial charge is 0.123 e. The van der Waals surface area contributed by atoms with Gasteiger partial charge in [0.25, 0.3) is 0 Å². The molecule has 4 heteroatoms. The van der Waals surface area contributed by atoms with Crippen LogP contribution in [0.5, 0.6) is 0 Å². The Hall–Kier alpha value is -1.75. The molecule has 0 saturated heterocycles. The number of nitrogens with zero attached hydrogens (tertiary/aromatic N) is 2. The van der Waals surface area contributed by atoms with Crippen LogP contribution >= 0.6 is 0 Å². The summed E-state index contributed by atoms with van der Waals surface area (Å²) in [5.41, 5.74) is 2.35. The summed E-state index contributed by atoms with van der Waals surface area (Å²) in [6.07, 6.45) is 1.98. The largest absolute Gasteiger partial charge is 0.390 e. The Balaban J connectivity index is 1.50. The quantitative estimate of drug-likeness (QED) is 0.758. The van der Waals surface area contributed by atoms with Crippen LogP contribution in [0.1, 0.15) is 24.0 Å². The van der Waals surface area contributed by atoms with Crippen molar-refractivity contribution in [2.75, 3.05) is 20.1 Å². The summed E-state index contributed by atoms with van der Waals surface area (Å²) in [6.45, 7) is 2.90. The van der Waals surface area contributed by atoms with Gasteiger partial charge in [-0.2, -0.15) is 0 Å². The first kappa shape index (κ1) is 18.1. The number of likely N-dealkylation sites (N-methyl/N-ethyl adjacent to an activating group) is 1. The summed E-state index contributed by atoms with van der Waals surface area (Å²) in [5.74, 6) is -0.204. The molecule has 2 aromatic rings. The van der Waals surface area contributed by atoms with E-state index < -0.39 is 6.10 Å². The van der Waals surface area contributed by atoms with Crippen molar-refractivity contribution in [2.45, 2.75) is 38.1 Å². The Morgan fingerprint density at radius 3 is 2.24 bits per heavy atom. The first-order valence-corrected chi connectivity index (χ1v) is 8.99. The van der Waals surface area contributed by atoms with Gasteiger partial charge >= 0.3 is 0 Å². The first-order valence-electron chi connectivity index (χ1n) is 8.99. The zero-order valence-corrected chi connectivity index (χ0v) is 14.8. The number of halogens is 1. The van der Waals surface area contributed by atoms with Gasteiger partial charge in [0, 0.05) is 32.2 Å². The summed E-state index contributed by atoms with van der Waals surface area (Å²) >= 11 is 0. The molecule has 0 radical (unpaired) electrons. The molecule has 134 valence electrons. The molecule has 1 unspecified atom stereocenters. The molecule has 25 heavy (non-hydrogen) atoms. The van der Waals surface area contributed by atoms with Crippen LogP contribution in [0.3, 0.4) is 0 Å². The summed E-state index contributed by atoms with van der Waals surface area (Å²) < 4.78 is 13.1. The standard InChI is InChI=1S/C21H27FN2O/c1-23(13-17-5-3-2-4-6-17)15-21(25)16-24(20-11-12-20)14-18-7-9-19(22)10-8-18/h2-10,20-21,25H,11-16H2,1H3. The van der Waals surface area contributed by atoms with E-state index in [4.69, 9.17) is 0 Å². The van der Waals surface area contributed by atoms with Crippen molar-refractivity contribution in [3.05, 3.63) is 71.5 Å². The highest BCUT2D eigenvalue weighted by atomic mass is 19.1. The third kappa shape index (κ3) is 5.92. The van der Waals surface area contributed by atoms with Crippen LogP contribution in [0.2, 0.25) is 0 Å². The fourth-order valence-corrected chi connectivity index (χ4v) is 3.25. The molecular formula is C21H27FN2O. The van der Waals surface area contributed by atoms with Gasteiger partial charge in [-0.05, 0) is 43.1 Å². The Kier molecular flexibility index (Phi) is 6.19. The second-order valence-corrected chi connectivity index (χ2v) is 7.12. The van der Waals surface area contributed by atoms with E-state index in [1.807, 2.05) is 37.4 Å². The fraction of sp³-hybridized carbons (Fsp3) is 0.429. The van der Waals surface area contributed by atoms with Gasteiger partial charge < -0.3 is 5.11 Å². The molecule has 1 aliphatic carbocycles. The van der Waals surface area contributed by atoms with Crippen molar-refractivity contribution < 1.29 is 9.50 Å². The summed E-state index contributed by atoms with van der Waals surface area (Å²) in [7, 11) is 2.04. The molecule has 0 heterocycles. The van der Waals surface area contributed by atoms with E-state index in [-0.39, 0.29) is 5.82 Å².